The average molecular weight is 527 g/mol. The Balaban J connectivity index is 1.69. The van der Waals surface area contributed by atoms with Gasteiger partial charge in [-0.2, -0.15) is 0 Å². The summed E-state index contributed by atoms with van der Waals surface area (Å²) in [6, 6.07) is 9.08. The van der Waals surface area contributed by atoms with E-state index in [1.165, 1.54) is 0 Å². The number of amides is 1. The number of hydrogen-bond donors (Lipinski definition) is 1. The zero-order valence-electron chi connectivity index (χ0n) is 17.7. The fourth-order valence-corrected chi connectivity index (χ4v) is 4.26. The van der Waals surface area contributed by atoms with Crippen LogP contribution in [0, 0.1) is 6.92 Å². The molecule has 0 unspecified atom stereocenters. The number of piperazine rings is 1. The van der Waals surface area contributed by atoms with Gasteiger partial charge in [0.25, 0.3) is 5.91 Å². The second kappa shape index (κ2) is 10.6. The van der Waals surface area contributed by atoms with Gasteiger partial charge in [0.2, 0.25) is 0 Å². The molecular weight excluding hydrogens is 502 g/mol. The molecule has 0 aromatic heterocycles. The van der Waals surface area contributed by atoms with Crippen LogP contribution in [0.1, 0.15) is 11.1 Å². The van der Waals surface area contributed by atoms with Gasteiger partial charge in [-0.25, -0.2) is 0 Å². The van der Waals surface area contributed by atoms with E-state index < -0.39 is 0 Å². The molecule has 1 amide bonds. The first kappa shape index (κ1) is 23.8. The Kier molecular flexibility index (Phi) is 8.16. The number of thiocarbonyl (C=S) groups is 1. The molecule has 2 aromatic carbocycles. The van der Waals surface area contributed by atoms with Crippen LogP contribution in [0.4, 0.5) is 5.69 Å². The van der Waals surface area contributed by atoms with Crippen molar-refractivity contribution in [2.24, 2.45) is 0 Å². The van der Waals surface area contributed by atoms with E-state index in [1.807, 2.05) is 25.1 Å². The Bertz CT molecular complexity index is 981. The minimum atomic E-state index is -0.295. The highest BCUT2D eigenvalue weighted by atomic mass is 79.9. The van der Waals surface area contributed by atoms with Crippen LogP contribution in [0.5, 0.6) is 11.5 Å². The van der Waals surface area contributed by atoms with Crippen LogP contribution >= 0.6 is 39.7 Å². The van der Waals surface area contributed by atoms with E-state index in [-0.39, 0.29) is 12.5 Å². The quantitative estimate of drug-likeness (QED) is 0.565. The van der Waals surface area contributed by atoms with Crippen LogP contribution in [0.25, 0.3) is 0 Å². The predicted molar refractivity (Wildman–Crippen MR) is 132 cm³/mol. The Morgan fingerprint density at radius 1 is 1.23 bits per heavy atom. The standard InChI is InChI=1S/C22H25BrClN3O3S/c1-14-4-5-16(24)12-18(14)25-20(28)13-30-21-17(23)10-15(11-19(21)29-3)22(31)27-8-6-26(2)7-9-27/h4-5,10-12H,6-9,13H2,1-3H3,(H,25,28). The van der Waals surface area contributed by atoms with Gasteiger partial charge in [0.1, 0.15) is 4.99 Å². The Hall–Kier alpha value is -1.87. The molecule has 1 heterocycles. The molecular formula is C22H25BrClN3O3S. The number of hydrogen-bond acceptors (Lipinski definition) is 5. The summed E-state index contributed by atoms with van der Waals surface area (Å²) < 4.78 is 12.0. The van der Waals surface area contributed by atoms with Crippen LogP contribution in [0.2, 0.25) is 5.02 Å². The Morgan fingerprint density at radius 3 is 2.61 bits per heavy atom. The number of benzene rings is 2. The van der Waals surface area contributed by atoms with E-state index in [9.17, 15) is 4.79 Å². The van der Waals surface area contributed by atoms with Crippen molar-refractivity contribution in [2.45, 2.75) is 6.92 Å². The molecule has 1 N–H and O–H groups in total. The molecule has 6 nitrogen and oxygen atoms in total. The van der Waals surface area contributed by atoms with E-state index in [0.717, 1.165) is 42.3 Å². The highest BCUT2D eigenvalue weighted by Gasteiger charge is 2.21. The number of aryl methyl sites for hydroxylation is 1. The van der Waals surface area contributed by atoms with E-state index in [1.54, 1.807) is 19.2 Å². The van der Waals surface area contributed by atoms with Crippen molar-refractivity contribution in [2.75, 3.05) is 52.3 Å². The van der Waals surface area contributed by atoms with Crippen LogP contribution in [-0.4, -0.2) is 67.6 Å². The molecule has 0 spiro atoms. The molecule has 0 atom stereocenters. The number of methoxy groups -OCH3 is 1. The zero-order chi connectivity index (χ0) is 22.5. The van der Waals surface area contributed by atoms with Gasteiger partial charge in [-0.05, 0) is 59.7 Å². The highest BCUT2D eigenvalue weighted by molar-refractivity contribution is 9.10. The summed E-state index contributed by atoms with van der Waals surface area (Å²) in [5.41, 5.74) is 2.44. The minimum absolute atomic E-state index is 0.177. The lowest BCUT2D eigenvalue weighted by Gasteiger charge is -2.34. The van der Waals surface area contributed by atoms with Gasteiger partial charge in [0.15, 0.2) is 18.1 Å². The smallest absolute Gasteiger partial charge is 0.262 e. The molecule has 1 aliphatic rings. The summed E-state index contributed by atoms with van der Waals surface area (Å²) >= 11 is 15.3. The van der Waals surface area contributed by atoms with Crippen molar-refractivity contribution in [3.05, 3.63) is 51.0 Å². The molecule has 9 heteroatoms. The number of halogens is 2. The fraction of sp³-hybridized carbons (Fsp3) is 0.364. The summed E-state index contributed by atoms with van der Waals surface area (Å²) in [5.74, 6) is 0.661. The molecule has 0 saturated carbocycles. The number of anilines is 1. The van der Waals surface area contributed by atoms with E-state index in [0.29, 0.717) is 26.7 Å². The zero-order valence-corrected chi connectivity index (χ0v) is 20.9. The molecule has 166 valence electrons. The van der Waals surface area contributed by atoms with E-state index in [4.69, 9.17) is 33.3 Å². The van der Waals surface area contributed by atoms with Crippen LogP contribution in [-0.2, 0) is 4.79 Å². The van der Waals surface area contributed by atoms with Gasteiger partial charge in [-0.3, -0.25) is 4.79 Å². The topological polar surface area (TPSA) is 54.0 Å². The predicted octanol–water partition coefficient (Wildman–Crippen LogP) is 4.36. The molecule has 2 aromatic rings. The van der Waals surface area contributed by atoms with E-state index >= 15 is 0 Å². The van der Waals surface area contributed by atoms with Crippen molar-refractivity contribution >= 4 is 56.3 Å². The SMILES string of the molecule is COc1cc(C(=S)N2CCN(C)CC2)cc(Br)c1OCC(=O)Nc1cc(Cl)ccc1C. The molecule has 1 saturated heterocycles. The minimum Gasteiger partial charge on any atom is -0.493 e. The molecule has 3 rings (SSSR count). The average Bonchev–Trinajstić information content (AvgIpc) is 2.75. The first-order valence-electron chi connectivity index (χ1n) is 9.82. The summed E-state index contributed by atoms with van der Waals surface area (Å²) in [7, 11) is 3.67. The van der Waals surface area contributed by atoms with Gasteiger partial charge in [0.05, 0.1) is 11.6 Å². The Labute approximate surface area is 201 Å². The highest BCUT2D eigenvalue weighted by Crippen LogP contribution is 2.37. The third-order valence-corrected chi connectivity index (χ3v) is 6.41. The number of likely N-dealkylation sites (N-methyl/N-ethyl adjacent to an activating group) is 1. The van der Waals surface area contributed by atoms with Crippen LogP contribution < -0.4 is 14.8 Å². The second-order valence-corrected chi connectivity index (χ2v) is 9.06. The normalized spacial score (nSPS) is 14.3. The van der Waals surface area contributed by atoms with Crippen molar-refractivity contribution in [1.29, 1.82) is 0 Å². The lowest BCUT2D eigenvalue weighted by molar-refractivity contribution is -0.118. The number of nitrogens with zero attached hydrogens (tertiary/aromatic N) is 2. The molecule has 1 fully saturated rings. The fourth-order valence-electron chi connectivity index (χ4n) is 3.23. The maximum atomic E-state index is 12.4. The largest absolute Gasteiger partial charge is 0.493 e. The second-order valence-electron chi connectivity index (χ2n) is 7.38. The van der Waals surface area contributed by atoms with Crippen LogP contribution in [0.15, 0.2) is 34.8 Å². The summed E-state index contributed by atoms with van der Waals surface area (Å²) in [5, 5.41) is 3.37. The third-order valence-electron chi connectivity index (χ3n) is 5.09. The molecule has 0 aliphatic carbocycles. The van der Waals surface area contributed by atoms with E-state index in [2.05, 4.69) is 38.1 Å². The number of ether oxygens (including phenoxy) is 2. The molecule has 31 heavy (non-hydrogen) atoms. The van der Waals surface area contributed by atoms with Gasteiger partial charge >= 0.3 is 0 Å². The maximum Gasteiger partial charge on any atom is 0.262 e. The Morgan fingerprint density at radius 2 is 1.94 bits per heavy atom. The first-order chi connectivity index (χ1) is 14.8. The van der Waals surface area contributed by atoms with Crippen molar-refractivity contribution < 1.29 is 14.3 Å². The van der Waals surface area contributed by atoms with Crippen molar-refractivity contribution in [3.8, 4) is 11.5 Å². The number of rotatable bonds is 6. The lowest BCUT2D eigenvalue weighted by Crippen LogP contribution is -2.46. The summed E-state index contributed by atoms with van der Waals surface area (Å²) in [4.78, 5) is 17.6. The number of carbonyl (C=O) groups excluding carboxylic acids is 1. The maximum absolute atomic E-state index is 12.4. The van der Waals surface area contributed by atoms with Crippen molar-refractivity contribution in [1.82, 2.24) is 9.80 Å². The first-order valence-corrected chi connectivity index (χ1v) is 11.4. The third kappa shape index (κ3) is 6.10. The van der Waals surface area contributed by atoms with Crippen molar-refractivity contribution in [3.63, 3.8) is 0 Å². The number of nitrogens with one attached hydrogen (secondary N) is 1. The van der Waals surface area contributed by atoms with Crippen LogP contribution in [0.3, 0.4) is 0 Å². The summed E-state index contributed by atoms with van der Waals surface area (Å²) in [6.07, 6.45) is 0. The molecule has 0 radical (unpaired) electrons. The molecule has 1 aliphatic heterocycles. The van der Waals surface area contributed by atoms with Gasteiger partial charge in [-0.15, -0.1) is 0 Å². The summed E-state index contributed by atoms with van der Waals surface area (Å²) in [6.45, 7) is 5.44. The van der Waals surface area contributed by atoms with Gasteiger partial charge in [0, 0.05) is 42.5 Å². The lowest BCUT2D eigenvalue weighted by atomic mass is 10.1. The van der Waals surface area contributed by atoms with Gasteiger partial charge < -0.3 is 24.6 Å². The number of carbonyl (C=O) groups is 1. The monoisotopic (exact) mass is 525 g/mol. The molecule has 0 bridgehead atoms. The van der Waals surface area contributed by atoms with Gasteiger partial charge in [-0.1, -0.05) is 29.9 Å².